The lowest BCUT2D eigenvalue weighted by atomic mass is 9.98. The quantitative estimate of drug-likeness (QED) is 0.887. The van der Waals surface area contributed by atoms with E-state index in [1.165, 1.54) is 0 Å². The number of hydrogen-bond acceptors (Lipinski definition) is 4. The highest BCUT2D eigenvalue weighted by Crippen LogP contribution is 2.24. The summed E-state index contributed by atoms with van der Waals surface area (Å²) in [6.07, 6.45) is 3.64. The van der Waals surface area contributed by atoms with Crippen LogP contribution < -0.4 is 4.90 Å². The summed E-state index contributed by atoms with van der Waals surface area (Å²) >= 11 is 0. The molecule has 0 radical (unpaired) electrons. The van der Waals surface area contributed by atoms with Crippen LogP contribution in [0.25, 0.3) is 0 Å². The number of aromatic nitrogens is 1. The number of pyridine rings is 1. The normalized spacial score (nSPS) is 18.9. The predicted octanol–water partition coefficient (Wildman–Crippen LogP) is 2.00. The monoisotopic (exact) mass is 250 g/mol. The molecule has 0 saturated carbocycles. The van der Waals surface area contributed by atoms with Crippen molar-refractivity contribution in [2.75, 3.05) is 31.7 Å². The summed E-state index contributed by atoms with van der Waals surface area (Å²) in [5, 5.41) is 9.60. The zero-order valence-electron chi connectivity index (χ0n) is 11.2. The molecule has 0 spiro atoms. The summed E-state index contributed by atoms with van der Waals surface area (Å²) in [4.78, 5) is 6.69. The molecule has 4 heteroatoms. The number of rotatable bonds is 4. The van der Waals surface area contributed by atoms with Crippen molar-refractivity contribution in [2.24, 2.45) is 5.92 Å². The SMILES string of the molecule is COCC1CCN(c2cc([C@@H](C)O)ccn2)CC1. The number of aliphatic hydroxyl groups is 1. The van der Waals surface area contributed by atoms with Gasteiger partial charge in [-0.1, -0.05) is 0 Å². The van der Waals surface area contributed by atoms with Crippen molar-refractivity contribution in [1.29, 1.82) is 0 Å². The molecule has 1 aliphatic heterocycles. The number of hydrogen-bond donors (Lipinski definition) is 1. The van der Waals surface area contributed by atoms with Crippen LogP contribution >= 0.6 is 0 Å². The minimum Gasteiger partial charge on any atom is -0.389 e. The van der Waals surface area contributed by atoms with Gasteiger partial charge in [0.05, 0.1) is 6.10 Å². The fourth-order valence-electron chi connectivity index (χ4n) is 2.43. The number of nitrogens with zero attached hydrogens (tertiary/aromatic N) is 2. The first-order valence-electron chi connectivity index (χ1n) is 6.58. The summed E-state index contributed by atoms with van der Waals surface area (Å²) in [7, 11) is 1.76. The van der Waals surface area contributed by atoms with E-state index in [1.54, 1.807) is 20.2 Å². The zero-order valence-corrected chi connectivity index (χ0v) is 11.2. The molecule has 18 heavy (non-hydrogen) atoms. The van der Waals surface area contributed by atoms with E-state index in [1.807, 2.05) is 12.1 Å². The minimum atomic E-state index is -0.433. The topological polar surface area (TPSA) is 45.6 Å². The zero-order chi connectivity index (χ0) is 13.0. The van der Waals surface area contributed by atoms with Gasteiger partial charge in [-0.05, 0) is 43.4 Å². The number of piperidine rings is 1. The van der Waals surface area contributed by atoms with Crippen molar-refractivity contribution in [3.05, 3.63) is 23.9 Å². The van der Waals surface area contributed by atoms with Crippen LogP contribution in [0.4, 0.5) is 5.82 Å². The van der Waals surface area contributed by atoms with Gasteiger partial charge in [-0.15, -0.1) is 0 Å². The maximum absolute atomic E-state index is 9.60. The second kappa shape index (κ2) is 6.16. The lowest BCUT2D eigenvalue weighted by Crippen LogP contribution is -2.35. The Hall–Kier alpha value is -1.13. The van der Waals surface area contributed by atoms with Crippen molar-refractivity contribution >= 4 is 5.82 Å². The third kappa shape index (κ3) is 3.21. The molecule has 0 amide bonds. The van der Waals surface area contributed by atoms with Crippen molar-refractivity contribution in [3.8, 4) is 0 Å². The van der Waals surface area contributed by atoms with Crippen LogP contribution in [0.3, 0.4) is 0 Å². The Kier molecular flexibility index (Phi) is 4.55. The first-order valence-corrected chi connectivity index (χ1v) is 6.58. The average Bonchev–Trinajstić information content (AvgIpc) is 2.40. The second-order valence-electron chi connectivity index (χ2n) is 5.01. The predicted molar refractivity (Wildman–Crippen MR) is 71.7 cm³/mol. The van der Waals surface area contributed by atoms with Crippen molar-refractivity contribution < 1.29 is 9.84 Å². The first kappa shape index (κ1) is 13.3. The number of methoxy groups -OCH3 is 1. The Bertz CT molecular complexity index is 374. The lowest BCUT2D eigenvalue weighted by molar-refractivity contribution is 0.139. The Morgan fingerprint density at radius 3 is 2.83 bits per heavy atom. The Morgan fingerprint density at radius 1 is 1.50 bits per heavy atom. The summed E-state index contributed by atoms with van der Waals surface area (Å²) < 4.78 is 5.21. The smallest absolute Gasteiger partial charge is 0.128 e. The van der Waals surface area contributed by atoms with Gasteiger partial charge in [0.1, 0.15) is 5.82 Å². The van der Waals surface area contributed by atoms with Crippen LogP contribution in [0, 0.1) is 5.92 Å². The summed E-state index contributed by atoms with van der Waals surface area (Å²) in [6.45, 7) is 4.67. The third-order valence-electron chi connectivity index (χ3n) is 3.59. The van der Waals surface area contributed by atoms with E-state index in [0.717, 1.165) is 43.9 Å². The Labute approximate surface area is 109 Å². The number of ether oxygens (including phenoxy) is 1. The van der Waals surface area contributed by atoms with Gasteiger partial charge in [0, 0.05) is 33.0 Å². The molecule has 1 saturated heterocycles. The van der Waals surface area contributed by atoms with E-state index in [2.05, 4.69) is 9.88 Å². The molecule has 0 unspecified atom stereocenters. The number of aliphatic hydroxyl groups excluding tert-OH is 1. The molecule has 1 atom stereocenters. The Balaban J connectivity index is 1.98. The molecule has 0 bridgehead atoms. The van der Waals surface area contributed by atoms with Gasteiger partial charge in [-0.2, -0.15) is 0 Å². The molecule has 1 aromatic rings. The molecule has 1 aromatic heterocycles. The van der Waals surface area contributed by atoms with Gasteiger partial charge in [0.15, 0.2) is 0 Å². The van der Waals surface area contributed by atoms with E-state index < -0.39 is 6.10 Å². The van der Waals surface area contributed by atoms with Gasteiger partial charge in [0.25, 0.3) is 0 Å². The van der Waals surface area contributed by atoms with Gasteiger partial charge in [0.2, 0.25) is 0 Å². The second-order valence-corrected chi connectivity index (χ2v) is 5.01. The van der Waals surface area contributed by atoms with Gasteiger partial charge >= 0.3 is 0 Å². The van der Waals surface area contributed by atoms with E-state index in [-0.39, 0.29) is 0 Å². The largest absolute Gasteiger partial charge is 0.389 e. The van der Waals surface area contributed by atoms with Crippen LogP contribution in [-0.2, 0) is 4.74 Å². The molecule has 4 nitrogen and oxygen atoms in total. The molecular weight excluding hydrogens is 228 g/mol. The van der Waals surface area contributed by atoms with Gasteiger partial charge in [-0.25, -0.2) is 4.98 Å². The molecular formula is C14H22N2O2. The molecule has 2 heterocycles. The fraction of sp³-hybridized carbons (Fsp3) is 0.643. The minimum absolute atomic E-state index is 0.433. The van der Waals surface area contributed by atoms with Crippen LogP contribution in [0.5, 0.6) is 0 Å². The highest BCUT2D eigenvalue weighted by Gasteiger charge is 2.20. The standard InChI is InChI=1S/C14H22N2O2/c1-11(17)13-3-6-15-14(9-13)16-7-4-12(5-8-16)10-18-2/h3,6,9,11-12,17H,4-5,7-8,10H2,1-2H3/t11-/m1/s1. The van der Waals surface area contributed by atoms with Crippen LogP contribution in [-0.4, -0.2) is 36.9 Å². The van der Waals surface area contributed by atoms with Crippen LogP contribution in [0.2, 0.25) is 0 Å². The lowest BCUT2D eigenvalue weighted by Gasteiger charge is -2.32. The molecule has 0 aromatic carbocycles. The van der Waals surface area contributed by atoms with E-state index in [0.29, 0.717) is 5.92 Å². The molecule has 1 fully saturated rings. The molecule has 1 aliphatic rings. The van der Waals surface area contributed by atoms with Gasteiger partial charge < -0.3 is 14.7 Å². The van der Waals surface area contributed by atoms with Crippen molar-refractivity contribution in [1.82, 2.24) is 4.98 Å². The fourth-order valence-corrected chi connectivity index (χ4v) is 2.43. The molecule has 100 valence electrons. The van der Waals surface area contributed by atoms with Crippen molar-refractivity contribution in [2.45, 2.75) is 25.9 Å². The first-order chi connectivity index (χ1) is 8.70. The average molecular weight is 250 g/mol. The van der Waals surface area contributed by atoms with E-state index in [4.69, 9.17) is 4.74 Å². The summed E-state index contributed by atoms with van der Waals surface area (Å²) in [5.74, 6) is 1.65. The highest BCUT2D eigenvalue weighted by atomic mass is 16.5. The maximum Gasteiger partial charge on any atom is 0.128 e. The highest BCUT2D eigenvalue weighted by molar-refractivity contribution is 5.41. The van der Waals surface area contributed by atoms with Gasteiger partial charge in [-0.3, -0.25) is 0 Å². The molecule has 1 N–H and O–H groups in total. The molecule has 0 aliphatic carbocycles. The summed E-state index contributed by atoms with van der Waals surface area (Å²) in [6, 6.07) is 3.85. The third-order valence-corrected chi connectivity index (χ3v) is 3.59. The summed E-state index contributed by atoms with van der Waals surface area (Å²) in [5.41, 5.74) is 0.930. The van der Waals surface area contributed by atoms with Crippen LogP contribution in [0.1, 0.15) is 31.4 Å². The van der Waals surface area contributed by atoms with E-state index in [9.17, 15) is 5.11 Å². The number of anilines is 1. The molecule has 2 rings (SSSR count). The van der Waals surface area contributed by atoms with Crippen molar-refractivity contribution in [3.63, 3.8) is 0 Å². The van der Waals surface area contributed by atoms with Crippen LogP contribution in [0.15, 0.2) is 18.3 Å². The van der Waals surface area contributed by atoms with E-state index >= 15 is 0 Å². The Morgan fingerprint density at radius 2 is 2.22 bits per heavy atom. The maximum atomic E-state index is 9.60.